The van der Waals surface area contributed by atoms with Gasteiger partial charge in [0.2, 0.25) is 0 Å². The Bertz CT molecular complexity index is 742. The third kappa shape index (κ3) is 3.95. The molecule has 0 aliphatic carbocycles. The summed E-state index contributed by atoms with van der Waals surface area (Å²) in [5, 5.41) is 3.66. The van der Waals surface area contributed by atoms with Gasteiger partial charge in [-0.1, -0.05) is 12.1 Å². The Morgan fingerprint density at radius 1 is 1.27 bits per heavy atom. The van der Waals surface area contributed by atoms with Crippen molar-refractivity contribution < 1.29 is 56.7 Å². The molecule has 2 aromatic rings. The van der Waals surface area contributed by atoms with Gasteiger partial charge in [-0.05, 0) is 12.1 Å². The van der Waals surface area contributed by atoms with Crippen molar-refractivity contribution in [2.75, 3.05) is 13.2 Å². The van der Waals surface area contributed by atoms with Crippen molar-refractivity contribution in [2.45, 2.75) is 11.0 Å². The molecule has 1 aromatic carbocycles. The molecule has 0 spiro atoms. The Kier molecular flexibility index (Phi) is 5.76. The summed E-state index contributed by atoms with van der Waals surface area (Å²) < 4.78 is 50.0. The van der Waals surface area contributed by atoms with Crippen LogP contribution in [0.5, 0.6) is 17.2 Å². The van der Waals surface area contributed by atoms with Gasteiger partial charge in [0.1, 0.15) is 29.1 Å². The van der Waals surface area contributed by atoms with E-state index in [9.17, 15) is 13.0 Å². The average molecular weight is 350 g/mol. The molecule has 0 amide bonds. The third-order valence-electron chi connectivity index (χ3n) is 2.85. The second-order valence-corrected chi connectivity index (χ2v) is 6.45. The first kappa shape index (κ1) is 17.6. The normalized spacial score (nSPS) is 16.7. The summed E-state index contributed by atoms with van der Waals surface area (Å²) in [6, 6.07) is 5.71. The van der Waals surface area contributed by atoms with Crippen molar-refractivity contribution in [1.82, 2.24) is 0 Å². The number of thiophene rings is 1. The molecule has 112 valence electrons. The smallest absolute Gasteiger partial charge is 0.744 e. The molecule has 1 unspecified atom stereocenters. The zero-order valence-electron chi connectivity index (χ0n) is 11.7. The van der Waals surface area contributed by atoms with Crippen molar-refractivity contribution in [2.24, 2.45) is 0 Å². The summed E-state index contributed by atoms with van der Waals surface area (Å²) in [5.74, 6) is 1.36. The first-order valence-electron chi connectivity index (χ1n) is 6.07. The van der Waals surface area contributed by atoms with Crippen molar-refractivity contribution in [3.63, 3.8) is 0 Å². The van der Waals surface area contributed by atoms with E-state index in [0.29, 0.717) is 18.1 Å². The predicted octanol–water partition coefficient (Wildman–Crippen LogP) is -1.12. The van der Waals surface area contributed by atoms with Gasteiger partial charge >= 0.3 is 29.6 Å². The molecular formula is C13H11NaO6S2. The summed E-state index contributed by atoms with van der Waals surface area (Å²) in [4.78, 5) is -0.377. The van der Waals surface area contributed by atoms with Crippen LogP contribution >= 0.6 is 11.3 Å². The number of hydrogen-bond acceptors (Lipinski definition) is 7. The molecule has 1 aliphatic heterocycles. The number of rotatable bonds is 4. The van der Waals surface area contributed by atoms with Crippen LogP contribution in [-0.4, -0.2) is 32.3 Å². The van der Waals surface area contributed by atoms with E-state index in [2.05, 4.69) is 0 Å². The second kappa shape index (κ2) is 7.20. The van der Waals surface area contributed by atoms with Crippen LogP contribution in [-0.2, 0) is 10.1 Å². The summed E-state index contributed by atoms with van der Waals surface area (Å²) in [5.41, 5.74) is 0. The van der Waals surface area contributed by atoms with Crippen molar-refractivity contribution in [3.8, 4) is 17.2 Å². The van der Waals surface area contributed by atoms with E-state index in [1.165, 1.54) is 29.5 Å². The molecule has 0 saturated heterocycles. The summed E-state index contributed by atoms with van der Waals surface area (Å²) in [7, 11) is -4.57. The molecule has 0 saturated carbocycles. The minimum absolute atomic E-state index is 0. The number of fused-ring (bicyclic) bond motifs is 1. The van der Waals surface area contributed by atoms with E-state index in [1.807, 2.05) is 10.8 Å². The fourth-order valence-electron chi connectivity index (χ4n) is 1.90. The Labute approximate surface area is 154 Å². The molecule has 1 aliphatic rings. The Morgan fingerprint density at radius 2 is 2.00 bits per heavy atom. The zero-order chi connectivity index (χ0) is 14.9. The van der Waals surface area contributed by atoms with Gasteiger partial charge in [-0.3, -0.25) is 0 Å². The fourth-order valence-corrected chi connectivity index (χ4v) is 3.19. The van der Waals surface area contributed by atoms with E-state index in [0.717, 1.165) is 0 Å². The van der Waals surface area contributed by atoms with Crippen LogP contribution in [0.1, 0.15) is 0 Å². The van der Waals surface area contributed by atoms with Crippen molar-refractivity contribution in [1.29, 1.82) is 0 Å². The largest absolute Gasteiger partial charge is 1.00 e. The van der Waals surface area contributed by atoms with Gasteiger partial charge in [0.05, 0.1) is 4.90 Å². The van der Waals surface area contributed by atoms with Crippen LogP contribution < -0.4 is 43.8 Å². The predicted molar refractivity (Wildman–Crippen MR) is 74.1 cm³/mol. The van der Waals surface area contributed by atoms with Crippen molar-refractivity contribution in [3.05, 3.63) is 35.0 Å². The van der Waals surface area contributed by atoms with Crippen LogP contribution in [0, 0.1) is 0 Å². The van der Waals surface area contributed by atoms with Crippen LogP contribution in [0.25, 0.3) is 0 Å². The second-order valence-electron chi connectivity index (χ2n) is 4.36. The topological polar surface area (TPSA) is 84.9 Å². The molecule has 6 nitrogen and oxygen atoms in total. The molecule has 2 heterocycles. The Morgan fingerprint density at radius 3 is 2.77 bits per heavy atom. The summed E-state index contributed by atoms with van der Waals surface area (Å²) in [6.07, 6.45) is -0.366. The molecule has 22 heavy (non-hydrogen) atoms. The Balaban J connectivity index is 0.00000176. The minimum Gasteiger partial charge on any atom is -0.744 e. The quantitative estimate of drug-likeness (QED) is 0.513. The maximum absolute atomic E-state index is 11.1. The first-order chi connectivity index (χ1) is 10.0. The maximum Gasteiger partial charge on any atom is 1.00 e. The van der Waals surface area contributed by atoms with Crippen molar-refractivity contribution >= 4 is 21.5 Å². The summed E-state index contributed by atoms with van der Waals surface area (Å²) >= 11 is 1.47. The van der Waals surface area contributed by atoms with E-state index < -0.39 is 10.1 Å². The van der Waals surface area contributed by atoms with Gasteiger partial charge in [0, 0.05) is 10.8 Å². The molecule has 0 bridgehead atoms. The fraction of sp³-hybridized carbons (Fsp3) is 0.231. The number of hydrogen-bond donors (Lipinski definition) is 0. The van der Waals surface area contributed by atoms with Gasteiger partial charge in [0.15, 0.2) is 17.6 Å². The average Bonchev–Trinajstić information content (AvgIpc) is 2.92. The van der Waals surface area contributed by atoms with Gasteiger partial charge in [-0.15, -0.1) is 11.3 Å². The SMILES string of the molecule is O=S(=O)([O-])c1ccccc1OCC1COc2cscc2O1.[Na+]. The molecule has 3 rings (SSSR count). The molecule has 0 fully saturated rings. The first-order valence-corrected chi connectivity index (χ1v) is 8.42. The van der Waals surface area contributed by atoms with E-state index >= 15 is 0 Å². The van der Waals surface area contributed by atoms with E-state index in [-0.39, 0.29) is 52.9 Å². The third-order valence-corrected chi connectivity index (χ3v) is 4.43. The molecule has 1 atom stereocenters. The van der Waals surface area contributed by atoms with Gasteiger partial charge in [0.25, 0.3) is 0 Å². The standard InChI is InChI=1S/C13H12O6S2.Na/c14-21(15,16)13-4-2-1-3-10(13)17-5-9-6-18-11-7-20-8-12(11)19-9;/h1-4,7-9H,5-6H2,(H,14,15,16);/q;+1/p-1. The number of ether oxygens (including phenoxy) is 3. The molecule has 1 aromatic heterocycles. The van der Waals surface area contributed by atoms with Crippen LogP contribution in [0.2, 0.25) is 0 Å². The number of para-hydroxylation sites is 1. The van der Waals surface area contributed by atoms with E-state index in [4.69, 9.17) is 14.2 Å². The molecule has 0 N–H and O–H groups in total. The molecule has 0 radical (unpaired) electrons. The molecular weight excluding hydrogens is 339 g/mol. The monoisotopic (exact) mass is 350 g/mol. The van der Waals surface area contributed by atoms with Gasteiger partial charge in [-0.2, -0.15) is 0 Å². The van der Waals surface area contributed by atoms with Gasteiger partial charge < -0.3 is 18.8 Å². The Hall–Kier alpha value is -0.770. The maximum atomic E-state index is 11.1. The van der Waals surface area contributed by atoms with Crippen LogP contribution in [0.15, 0.2) is 39.9 Å². The number of benzene rings is 1. The minimum atomic E-state index is -4.57. The van der Waals surface area contributed by atoms with Crippen LogP contribution in [0.4, 0.5) is 0 Å². The molecule has 9 heteroatoms. The van der Waals surface area contributed by atoms with Gasteiger partial charge in [-0.25, -0.2) is 8.42 Å². The van der Waals surface area contributed by atoms with Crippen LogP contribution in [0.3, 0.4) is 0 Å². The van der Waals surface area contributed by atoms with E-state index in [1.54, 1.807) is 6.07 Å². The summed E-state index contributed by atoms with van der Waals surface area (Å²) in [6.45, 7) is 0.387. The zero-order valence-corrected chi connectivity index (χ0v) is 15.4.